The standard InChI is InChI=1S/C36H36FN3O4S/c1-42-33-17-12-26(20-34(33)43-2)18-19-38-36(41)32-25-45-35(39-32)23-40(21-27-8-13-30(37)14-9-27)22-28-10-15-31(16-11-28)44-24-29-6-4-3-5-7-29/h3-17,20,25H,18-19,21-24H2,1-2H3,(H,38,41). The van der Waals surface area contributed by atoms with Crippen LogP contribution < -0.4 is 19.5 Å². The number of methoxy groups -OCH3 is 2. The zero-order valence-electron chi connectivity index (χ0n) is 25.4. The van der Waals surface area contributed by atoms with Gasteiger partial charge in [-0.05, 0) is 65.1 Å². The van der Waals surface area contributed by atoms with Crippen molar-refractivity contribution in [2.45, 2.75) is 32.7 Å². The highest BCUT2D eigenvalue weighted by molar-refractivity contribution is 7.09. The molecule has 232 valence electrons. The molecule has 0 atom stereocenters. The van der Waals surface area contributed by atoms with Crippen molar-refractivity contribution >= 4 is 17.2 Å². The van der Waals surface area contributed by atoms with Crippen LogP contribution in [0.5, 0.6) is 17.2 Å². The van der Waals surface area contributed by atoms with Gasteiger partial charge in [-0.3, -0.25) is 9.69 Å². The maximum atomic E-state index is 13.6. The Morgan fingerprint density at radius 2 is 1.47 bits per heavy atom. The lowest BCUT2D eigenvalue weighted by Gasteiger charge is -2.22. The van der Waals surface area contributed by atoms with E-state index in [0.29, 0.717) is 56.4 Å². The second-order valence-electron chi connectivity index (χ2n) is 10.5. The topological polar surface area (TPSA) is 72.9 Å². The summed E-state index contributed by atoms with van der Waals surface area (Å²) in [6.07, 6.45) is 0.643. The number of carbonyl (C=O) groups is 1. The molecule has 0 radical (unpaired) electrons. The fourth-order valence-electron chi connectivity index (χ4n) is 4.83. The predicted octanol–water partition coefficient (Wildman–Crippen LogP) is 7.05. The molecule has 0 aliphatic heterocycles. The number of hydrogen-bond acceptors (Lipinski definition) is 7. The van der Waals surface area contributed by atoms with Crippen LogP contribution in [-0.2, 0) is 32.7 Å². The molecule has 5 rings (SSSR count). The van der Waals surface area contributed by atoms with Crippen LogP contribution in [-0.4, -0.2) is 36.6 Å². The van der Waals surface area contributed by atoms with Crippen LogP contribution in [0.2, 0.25) is 0 Å². The average molecular weight is 626 g/mol. The molecule has 0 aliphatic carbocycles. The number of nitrogens with one attached hydrogen (secondary N) is 1. The van der Waals surface area contributed by atoms with Crippen LogP contribution in [0.3, 0.4) is 0 Å². The largest absolute Gasteiger partial charge is 0.493 e. The molecule has 9 heteroatoms. The number of amides is 1. The van der Waals surface area contributed by atoms with Gasteiger partial charge >= 0.3 is 0 Å². The molecule has 0 spiro atoms. The van der Waals surface area contributed by atoms with Crippen molar-refractivity contribution in [1.82, 2.24) is 15.2 Å². The monoisotopic (exact) mass is 625 g/mol. The SMILES string of the molecule is COc1ccc(CCNC(=O)c2csc(CN(Cc3ccc(F)cc3)Cc3ccc(OCc4ccccc4)cc3)n2)cc1OC. The summed E-state index contributed by atoms with van der Waals surface area (Å²) in [6, 6.07) is 30.4. The molecule has 1 amide bonds. The van der Waals surface area contributed by atoms with E-state index in [0.717, 1.165) is 33.0 Å². The summed E-state index contributed by atoms with van der Waals surface area (Å²) in [5.41, 5.74) is 4.63. The molecule has 0 saturated carbocycles. The quantitative estimate of drug-likeness (QED) is 0.134. The number of ether oxygens (including phenoxy) is 3. The molecule has 1 N–H and O–H groups in total. The molecule has 0 aliphatic rings. The van der Waals surface area contributed by atoms with Crippen LogP contribution in [0.4, 0.5) is 4.39 Å². The summed E-state index contributed by atoms with van der Waals surface area (Å²) in [7, 11) is 3.20. The summed E-state index contributed by atoms with van der Waals surface area (Å²) in [5, 5.41) is 5.58. The van der Waals surface area contributed by atoms with Crippen LogP contribution in [0.1, 0.15) is 37.7 Å². The molecule has 7 nitrogen and oxygen atoms in total. The van der Waals surface area contributed by atoms with Gasteiger partial charge in [-0.1, -0.05) is 60.7 Å². The molecule has 0 fully saturated rings. The van der Waals surface area contributed by atoms with E-state index in [2.05, 4.69) is 27.3 Å². The van der Waals surface area contributed by atoms with Crippen LogP contribution in [0.15, 0.2) is 102 Å². The van der Waals surface area contributed by atoms with Gasteiger partial charge in [0.15, 0.2) is 11.5 Å². The number of nitrogens with zero attached hydrogens (tertiary/aromatic N) is 2. The first-order valence-electron chi connectivity index (χ1n) is 14.6. The van der Waals surface area contributed by atoms with Gasteiger partial charge in [-0.15, -0.1) is 11.3 Å². The van der Waals surface area contributed by atoms with Gasteiger partial charge in [0.2, 0.25) is 0 Å². The van der Waals surface area contributed by atoms with Gasteiger partial charge in [0.25, 0.3) is 5.91 Å². The first kappa shape index (κ1) is 31.7. The predicted molar refractivity (Wildman–Crippen MR) is 174 cm³/mol. The molecule has 0 unspecified atom stereocenters. The van der Waals surface area contributed by atoms with E-state index in [9.17, 15) is 9.18 Å². The molecule has 1 heterocycles. The van der Waals surface area contributed by atoms with Crippen molar-refractivity contribution in [3.63, 3.8) is 0 Å². The molecule has 0 bridgehead atoms. The van der Waals surface area contributed by atoms with Crippen LogP contribution >= 0.6 is 11.3 Å². The third-order valence-electron chi connectivity index (χ3n) is 7.19. The Bertz CT molecular complexity index is 1660. The fourth-order valence-corrected chi connectivity index (χ4v) is 5.65. The van der Waals surface area contributed by atoms with Gasteiger partial charge < -0.3 is 19.5 Å². The highest BCUT2D eigenvalue weighted by atomic mass is 32.1. The number of carbonyl (C=O) groups excluding carboxylic acids is 1. The average Bonchev–Trinajstić information content (AvgIpc) is 3.54. The Hall–Kier alpha value is -4.73. The lowest BCUT2D eigenvalue weighted by atomic mass is 10.1. The van der Waals surface area contributed by atoms with Crippen molar-refractivity contribution in [3.05, 3.63) is 141 Å². The van der Waals surface area contributed by atoms with Crippen molar-refractivity contribution in [3.8, 4) is 17.2 Å². The van der Waals surface area contributed by atoms with E-state index >= 15 is 0 Å². The number of rotatable bonds is 15. The van der Waals surface area contributed by atoms with Crippen molar-refractivity contribution in [1.29, 1.82) is 0 Å². The summed E-state index contributed by atoms with van der Waals surface area (Å²) in [5.74, 6) is 1.64. The number of aromatic nitrogens is 1. The third kappa shape index (κ3) is 9.38. The Morgan fingerprint density at radius 1 is 0.800 bits per heavy atom. The highest BCUT2D eigenvalue weighted by Gasteiger charge is 2.15. The van der Waals surface area contributed by atoms with Crippen molar-refractivity contribution in [2.24, 2.45) is 0 Å². The fraction of sp³-hybridized carbons (Fsp3) is 0.222. The Morgan fingerprint density at radius 3 is 2.16 bits per heavy atom. The van der Waals surface area contributed by atoms with E-state index in [1.807, 2.05) is 60.7 Å². The van der Waals surface area contributed by atoms with Gasteiger partial charge in [0.05, 0.1) is 20.8 Å². The molecule has 0 saturated heterocycles. The Balaban J connectivity index is 1.19. The second-order valence-corrected chi connectivity index (χ2v) is 11.5. The number of thiazole rings is 1. The number of halogens is 1. The normalized spacial score (nSPS) is 10.9. The zero-order chi connectivity index (χ0) is 31.4. The van der Waals surface area contributed by atoms with Crippen molar-refractivity contribution in [2.75, 3.05) is 20.8 Å². The number of hydrogen-bond donors (Lipinski definition) is 1. The first-order chi connectivity index (χ1) is 22.0. The maximum Gasteiger partial charge on any atom is 0.270 e. The van der Waals surface area contributed by atoms with E-state index in [-0.39, 0.29) is 11.7 Å². The van der Waals surface area contributed by atoms with Gasteiger partial charge in [0, 0.05) is 25.0 Å². The maximum absolute atomic E-state index is 13.6. The molecule has 5 aromatic rings. The highest BCUT2D eigenvalue weighted by Crippen LogP contribution is 2.27. The van der Waals surface area contributed by atoms with Crippen molar-refractivity contribution < 1.29 is 23.4 Å². The molecular formula is C36H36FN3O4S. The Kier molecular flexibility index (Phi) is 11.1. The molecular weight excluding hydrogens is 589 g/mol. The zero-order valence-corrected chi connectivity index (χ0v) is 26.2. The summed E-state index contributed by atoms with van der Waals surface area (Å²) in [4.78, 5) is 19.7. The van der Waals surface area contributed by atoms with Gasteiger partial charge in [-0.2, -0.15) is 0 Å². The van der Waals surface area contributed by atoms with Gasteiger partial charge in [0.1, 0.15) is 28.9 Å². The third-order valence-corrected chi connectivity index (χ3v) is 8.02. The minimum Gasteiger partial charge on any atom is -0.493 e. The molecule has 4 aromatic carbocycles. The second kappa shape index (κ2) is 15.8. The molecule has 45 heavy (non-hydrogen) atoms. The summed E-state index contributed by atoms with van der Waals surface area (Å²) >= 11 is 1.45. The smallest absolute Gasteiger partial charge is 0.270 e. The van der Waals surface area contributed by atoms with Crippen LogP contribution in [0.25, 0.3) is 0 Å². The lowest BCUT2D eigenvalue weighted by molar-refractivity contribution is 0.0949. The lowest BCUT2D eigenvalue weighted by Crippen LogP contribution is -2.26. The first-order valence-corrected chi connectivity index (χ1v) is 15.5. The van der Waals surface area contributed by atoms with E-state index in [4.69, 9.17) is 14.2 Å². The van der Waals surface area contributed by atoms with E-state index < -0.39 is 0 Å². The Labute approximate surface area is 267 Å². The summed E-state index contributed by atoms with van der Waals surface area (Å²) in [6.45, 7) is 2.74. The minimum absolute atomic E-state index is 0.214. The van der Waals surface area contributed by atoms with Crippen LogP contribution in [0, 0.1) is 5.82 Å². The van der Waals surface area contributed by atoms with E-state index in [1.54, 1.807) is 31.7 Å². The number of benzene rings is 4. The molecule has 1 aromatic heterocycles. The van der Waals surface area contributed by atoms with Gasteiger partial charge in [-0.25, -0.2) is 9.37 Å². The summed E-state index contributed by atoms with van der Waals surface area (Å²) < 4.78 is 30.2. The minimum atomic E-state index is -0.266. The van der Waals surface area contributed by atoms with E-state index in [1.165, 1.54) is 23.5 Å².